The highest BCUT2D eigenvalue weighted by molar-refractivity contribution is 5.83. The number of guanidine groups is 1. The maximum atomic E-state index is 12.6. The fourth-order valence-corrected chi connectivity index (χ4v) is 4.19. The van der Waals surface area contributed by atoms with Crippen molar-refractivity contribution in [2.45, 2.75) is 32.2 Å². The van der Waals surface area contributed by atoms with Gasteiger partial charge >= 0.3 is 0 Å². The largest absolute Gasteiger partial charge is 0.361 e. The molecule has 6 heteroatoms. The number of amides is 1. The summed E-state index contributed by atoms with van der Waals surface area (Å²) in [5.74, 6) is 1.01. The topological polar surface area (TPSA) is 72.5 Å². The van der Waals surface area contributed by atoms with Gasteiger partial charge in [-0.1, -0.05) is 42.5 Å². The number of carbonyl (C=O) groups excluding carboxylic acids is 1. The van der Waals surface area contributed by atoms with Crippen molar-refractivity contribution in [1.29, 1.82) is 0 Å². The second-order valence-corrected chi connectivity index (χ2v) is 7.97. The lowest BCUT2D eigenvalue weighted by Gasteiger charge is -2.29. The summed E-state index contributed by atoms with van der Waals surface area (Å²) in [6, 6.07) is 16.8. The molecule has 1 amide bonds. The van der Waals surface area contributed by atoms with Crippen LogP contribution in [-0.4, -0.2) is 48.4 Å². The van der Waals surface area contributed by atoms with Gasteiger partial charge in [0, 0.05) is 56.7 Å². The minimum Gasteiger partial charge on any atom is -0.361 e. The molecule has 6 nitrogen and oxygen atoms in total. The molecule has 4 rings (SSSR count). The number of hydrogen-bond donors (Lipinski definition) is 3. The van der Waals surface area contributed by atoms with Crippen molar-refractivity contribution in [3.63, 3.8) is 0 Å². The van der Waals surface area contributed by atoms with Gasteiger partial charge in [0.15, 0.2) is 5.96 Å². The van der Waals surface area contributed by atoms with Crippen LogP contribution in [-0.2, 0) is 24.2 Å². The molecule has 0 bridgehead atoms. The Kier molecular flexibility index (Phi) is 6.87. The fraction of sp³-hybridized carbons (Fsp3) is 0.360. The second-order valence-electron chi connectivity index (χ2n) is 7.97. The van der Waals surface area contributed by atoms with E-state index in [9.17, 15) is 4.79 Å². The summed E-state index contributed by atoms with van der Waals surface area (Å²) in [6.45, 7) is 3.08. The maximum Gasteiger partial charge on any atom is 0.222 e. The fourth-order valence-electron chi connectivity index (χ4n) is 4.19. The first-order chi connectivity index (χ1) is 15.2. The first kappa shape index (κ1) is 21.0. The predicted molar refractivity (Wildman–Crippen MR) is 126 cm³/mol. The van der Waals surface area contributed by atoms with E-state index in [0.29, 0.717) is 6.42 Å². The molecule has 0 radical (unpaired) electrons. The van der Waals surface area contributed by atoms with E-state index in [4.69, 9.17) is 0 Å². The number of H-pyrrole nitrogens is 1. The number of aromatic nitrogens is 1. The van der Waals surface area contributed by atoms with Crippen molar-refractivity contribution in [1.82, 2.24) is 20.5 Å². The van der Waals surface area contributed by atoms with Crippen LogP contribution >= 0.6 is 0 Å². The van der Waals surface area contributed by atoms with Crippen molar-refractivity contribution in [3.8, 4) is 0 Å². The van der Waals surface area contributed by atoms with Crippen LogP contribution < -0.4 is 10.6 Å². The molecule has 0 unspecified atom stereocenters. The van der Waals surface area contributed by atoms with Gasteiger partial charge in [-0.3, -0.25) is 9.79 Å². The Morgan fingerprint density at radius 3 is 2.71 bits per heavy atom. The molecular formula is C25H31N5O. The van der Waals surface area contributed by atoms with E-state index in [2.05, 4.69) is 63.2 Å². The highest BCUT2D eigenvalue weighted by atomic mass is 16.2. The molecule has 3 N–H and O–H groups in total. The normalized spacial score (nSPS) is 13.8. The highest BCUT2D eigenvalue weighted by Gasteiger charge is 2.19. The van der Waals surface area contributed by atoms with Gasteiger partial charge in [-0.25, -0.2) is 0 Å². The minimum absolute atomic E-state index is 0.235. The lowest BCUT2D eigenvalue weighted by atomic mass is 9.99. The van der Waals surface area contributed by atoms with Crippen LogP contribution in [0.2, 0.25) is 0 Å². The average molecular weight is 418 g/mol. The third kappa shape index (κ3) is 5.26. The SMILES string of the molecule is CN=C(NCCCC(=O)N1CCc2ccccc2C1)NCCc1c[nH]c2ccccc12. The number of carbonyl (C=O) groups is 1. The molecule has 0 saturated carbocycles. The Bertz CT molecular complexity index is 1050. The summed E-state index contributed by atoms with van der Waals surface area (Å²) >= 11 is 0. The third-order valence-corrected chi connectivity index (χ3v) is 5.93. The number of fused-ring (bicyclic) bond motifs is 2. The molecule has 2 aromatic carbocycles. The number of aliphatic imine (C=N–C) groups is 1. The Hall–Kier alpha value is -3.28. The predicted octanol–water partition coefficient (Wildman–Crippen LogP) is 3.24. The quantitative estimate of drug-likeness (QED) is 0.314. The molecule has 31 heavy (non-hydrogen) atoms. The van der Waals surface area contributed by atoms with Crippen molar-refractivity contribution in [2.24, 2.45) is 4.99 Å². The molecule has 1 aliphatic rings. The molecule has 0 saturated heterocycles. The maximum absolute atomic E-state index is 12.6. The Morgan fingerprint density at radius 1 is 1.06 bits per heavy atom. The van der Waals surface area contributed by atoms with Gasteiger partial charge < -0.3 is 20.5 Å². The standard InChI is InChI=1S/C25H31N5O/c1-26-25(28-15-12-20-17-29-23-10-5-4-9-22(20)23)27-14-6-11-24(31)30-16-13-19-7-2-3-8-21(19)18-30/h2-5,7-10,17,29H,6,11-16,18H2,1H3,(H2,26,27,28). The molecule has 0 aliphatic carbocycles. The number of rotatable bonds is 7. The van der Waals surface area contributed by atoms with Crippen molar-refractivity contribution < 1.29 is 4.79 Å². The van der Waals surface area contributed by atoms with Crippen LogP contribution in [0.4, 0.5) is 0 Å². The van der Waals surface area contributed by atoms with Crippen LogP contribution in [0.3, 0.4) is 0 Å². The average Bonchev–Trinajstić information content (AvgIpc) is 3.23. The van der Waals surface area contributed by atoms with Gasteiger partial charge in [0.25, 0.3) is 0 Å². The molecule has 2 heterocycles. The number of hydrogen-bond acceptors (Lipinski definition) is 2. The van der Waals surface area contributed by atoms with E-state index in [-0.39, 0.29) is 5.91 Å². The summed E-state index contributed by atoms with van der Waals surface area (Å²) in [5, 5.41) is 7.96. The van der Waals surface area contributed by atoms with Crippen LogP contribution in [0.25, 0.3) is 10.9 Å². The molecular weight excluding hydrogens is 386 g/mol. The molecule has 3 aromatic rings. The molecule has 0 atom stereocenters. The summed E-state index contributed by atoms with van der Waals surface area (Å²) in [7, 11) is 1.78. The zero-order valence-electron chi connectivity index (χ0n) is 18.2. The molecule has 162 valence electrons. The van der Waals surface area contributed by atoms with Crippen LogP contribution in [0, 0.1) is 0 Å². The third-order valence-electron chi connectivity index (χ3n) is 5.93. The van der Waals surface area contributed by atoms with Gasteiger partial charge in [0.05, 0.1) is 0 Å². The zero-order valence-corrected chi connectivity index (χ0v) is 18.2. The van der Waals surface area contributed by atoms with E-state index in [1.165, 1.54) is 27.6 Å². The number of nitrogens with one attached hydrogen (secondary N) is 3. The van der Waals surface area contributed by atoms with Crippen LogP contribution in [0.1, 0.15) is 29.5 Å². The Balaban J connectivity index is 1.15. The Labute approximate surface area is 183 Å². The number of para-hydroxylation sites is 1. The van der Waals surface area contributed by atoms with Crippen LogP contribution in [0.5, 0.6) is 0 Å². The molecule has 1 aromatic heterocycles. The molecule has 1 aliphatic heterocycles. The summed E-state index contributed by atoms with van der Waals surface area (Å²) in [5.41, 5.74) is 5.12. The van der Waals surface area contributed by atoms with Gasteiger partial charge in [0.1, 0.15) is 0 Å². The lowest BCUT2D eigenvalue weighted by molar-refractivity contribution is -0.132. The van der Waals surface area contributed by atoms with E-state index in [0.717, 1.165) is 51.4 Å². The van der Waals surface area contributed by atoms with Gasteiger partial charge in [0.2, 0.25) is 5.91 Å². The number of nitrogens with zero attached hydrogens (tertiary/aromatic N) is 2. The second kappa shape index (κ2) is 10.2. The van der Waals surface area contributed by atoms with E-state index in [1.54, 1.807) is 7.05 Å². The zero-order chi connectivity index (χ0) is 21.5. The number of aromatic amines is 1. The van der Waals surface area contributed by atoms with Crippen molar-refractivity contribution >= 4 is 22.8 Å². The minimum atomic E-state index is 0.235. The van der Waals surface area contributed by atoms with Crippen LogP contribution in [0.15, 0.2) is 59.7 Å². The van der Waals surface area contributed by atoms with Crippen molar-refractivity contribution in [2.75, 3.05) is 26.7 Å². The smallest absolute Gasteiger partial charge is 0.222 e. The highest BCUT2D eigenvalue weighted by Crippen LogP contribution is 2.19. The monoisotopic (exact) mass is 417 g/mol. The molecule has 0 spiro atoms. The summed E-state index contributed by atoms with van der Waals surface area (Å²) < 4.78 is 0. The number of benzene rings is 2. The first-order valence-electron chi connectivity index (χ1n) is 11.1. The van der Waals surface area contributed by atoms with Crippen molar-refractivity contribution in [3.05, 3.63) is 71.4 Å². The van der Waals surface area contributed by atoms with E-state index < -0.39 is 0 Å². The van der Waals surface area contributed by atoms with Gasteiger partial charge in [-0.15, -0.1) is 0 Å². The van der Waals surface area contributed by atoms with E-state index in [1.807, 2.05) is 17.0 Å². The first-order valence-corrected chi connectivity index (χ1v) is 11.1. The molecule has 0 fully saturated rings. The summed E-state index contributed by atoms with van der Waals surface area (Å²) in [6.07, 6.45) is 5.29. The van der Waals surface area contributed by atoms with Gasteiger partial charge in [-0.2, -0.15) is 0 Å². The van der Waals surface area contributed by atoms with Gasteiger partial charge in [-0.05, 0) is 42.0 Å². The van der Waals surface area contributed by atoms with E-state index >= 15 is 0 Å². The Morgan fingerprint density at radius 2 is 1.84 bits per heavy atom. The summed E-state index contributed by atoms with van der Waals surface area (Å²) in [4.78, 5) is 22.2. The lowest BCUT2D eigenvalue weighted by Crippen LogP contribution is -2.39.